The van der Waals surface area contributed by atoms with Gasteiger partial charge >= 0.3 is 11.9 Å². The standard InChI is InChI=1S/C34H31N3O4.C32H25N3O4/c1-4-34(2,3)33(38)40-21-20-39-26-11-9-10-24(22-26)32-36-35-31(41-32)23-16-18-25(19-17-23)37-29-14-7-5-12-27(29)28-13-6-8-15-30(28)37;1-21(2)32(36)38-19-18-37-25-9-7-8-23(20-25)31-34-33-30(39-31)22-14-16-24(17-15-22)35-28-12-5-3-10-26(28)27-11-4-6-13-29(27)35/h5-19,22H,4,20-21H2,1-3H3;3-17,20H,1,18-19H2,2H3. The Hall–Kier alpha value is -10.1. The van der Waals surface area contributed by atoms with Gasteiger partial charge in [-0.3, -0.25) is 4.79 Å². The third-order valence-corrected chi connectivity index (χ3v) is 13.9. The fourth-order valence-electron chi connectivity index (χ4n) is 9.31. The molecule has 8 aromatic carbocycles. The molecular weight excluding hydrogens is 1000 g/mol. The molecule has 0 radical (unpaired) electrons. The molecule has 0 spiro atoms. The van der Waals surface area contributed by atoms with Crippen LogP contribution in [-0.2, 0) is 19.1 Å². The lowest BCUT2D eigenvalue weighted by atomic mass is 9.91. The number of nitrogens with zero attached hydrogens (tertiary/aromatic N) is 6. The van der Waals surface area contributed by atoms with Crippen molar-refractivity contribution in [2.45, 2.75) is 34.1 Å². The monoisotopic (exact) mass is 1060 g/mol. The molecule has 12 rings (SSSR count). The first-order valence-electron chi connectivity index (χ1n) is 26.3. The molecule has 4 heterocycles. The van der Waals surface area contributed by atoms with E-state index in [1.807, 2.05) is 93.6 Å². The Morgan fingerprint density at radius 3 is 1.20 bits per heavy atom. The van der Waals surface area contributed by atoms with E-state index >= 15 is 0 Å². The molecule has 4 aromatic heterocycles. The second-order valence-corrected chi connectivity index (χ2v) is 19.7. The van der Waals surface area contributed by atoms with Gasteiger partial charge in [-0.1, -0.05) is 98.4 Å². The number of rotatable bonds is 17. The minimum Gasteiger partial charge on any atom is -0.490 e. The second kappa shape index (κ2) is 22.9. The van der Waals surface area contributed by atoms with E-state index in [4.69, 9.17) is 27.8 Å². The van der Waals surface area contributed by atoms with E-state index in [0.29, 0.717) is 47.1 Å². The maximum absolute atomic E-state index is 12.1. The van der Waals surface area contributed by atoms with Crippen molar-refractivity contribution in [2.75, 3.05) is 26.4 Å². The van der Waals surface area contributed by atoms with Gasteiger partial charge in [0.25, 0.3) is 0 Å². The van der Waals surface area contributed by atoms with Gasteiger partial charge in [0.15, 0.2) is 0 Å². The largest absolute Gasteiger partial charge is 0.490 e. The van der Waals surface area contributed by atoms with Crippen LogP contribution in [0.15, 0.2) is 215 Å². The fraction of sp³-hybridized carbons (Fsp3) is 0.152. The molecule has 0 fully saturated rings. The Kier molecular flexibility index (Phi) is 14.9. The number of carbonyl (C=O) groups is 2. The molecule has 0 unspecified atom stereocenters. The molecule has 14 heteroatoms. The van der Waals surface area contributed by atoms with Crippen LogP contribution in [0, 0.1) is 5.41 Å². The number of esters is 2. The summed E-state index contributed by atoms with van der Waals surface area (Å²) in [7, 11) is 0. The van der Waals surface area contributed by atoms with Gasteiger partial charge in [0.1, 0.15) is 37.9 Å². The maximum atomic E-state index is 12.1. The fourth-order valence-corrected chi connectivity index (χ4v) is 9.31. The van der Waals surface area contributed by atoms with Crippen LogP contribution in [0.2, 0.25) is 0 Å². The van der Waals surface area contributed by atoms with E-state index < -0.39 is 11.4 Å². The molecule has 0 amide bonds. The van der Waals surface area contributed by atoms with E-state index in [-0.39, 0.29) is 32.4 Å². The first-order valence-corrected chi connectivity index (χ1v) is 26.3. The Morgan fingerprint density at radius 2 is 0.825 bits per heavy atom. The smallest absolute Gasteiger partial charge is 0.333 e. The Morgan fingerprint density at radius 1 is 0.463 bits per heavy atom. The molecule has 0 aliphatic heterocycles. The van der Waals surface area contributed by atoms with Crippen LogP contribution < -0.4 is 9.47 Å². The number of para-hydroxylation sites is 4. The summed E-state index contributed by atoms with van der Waals surface area (Å²) in [6.45, 7) is 11.7. The second-order valence-electron chi connectivity index (χ2n) is 19.7. The van der Waals surface area contributed by atoms with Crippen molar-refractivity contribution in [1.82, 2.24) is 29.5 Å². The Balaban J connectivity index is 0.000000169. The molecular formula is C66H56N6O8. The molecule has 0 saturated carbocycles. The number of aromatic nitrogens is 6. The lowest BCUT2D eigenvalue weighted by Crippen LogP contribution is -2.27. The van der Waals surface area contributed by atoms with Gasteiger partial charge in [-0.25, -0.2) is 4.79 Å². The molecule has 398 valence electrons. The highest BCUT2D eigenvalue weighted by molar-refractivity contribution is 6.10. The molecule has 14 nitrogen and oxygen atoms in total. The number of ether oxygens (including phenoxy) is 4. The summed E-state index contributed by atoms with van der Waals surface area (Å²) in [6, 6.07) is 64.7. The van der Waals surface area contributed by atoms with Crippen LogP contribution in [0.5, 0.6) is 11.5 Å². The van der Waals surface area contributed by atoms with Crippen LogP contribution >= 0.6 is 0 Å². The van der Waals surface area contributed by atoms with E-state index in [9.17, 15) is 9.59 Å². The minimum absolute atomic E-state index is 0.130. The van der Waals surface area contributed by atoms with Gasteiger partial charge in [0.2, 0.25) is 23.6 Å². The van der Waals surface area contributed by atoms with Gasteiger partial charge in [-0.15, -0.1) is 20.4 Å². The van der Waals surface area contributed by atoms with Crippen molar-refractivity contribution in [3.63, 3.8) is 0 Å². The number of hydrogen-bond acceptors (Lipinski definition) is 12. The van der Waals surface area contributed by atoms with E-state index in [1.54, 1.807) is 6.92 Å². The highest BCUT2D eigenvalue weighted by Gasteiger charge is 2.27. The number of fused-ring (bicyclic) bond motifs is 6. The molecule has 12 aromatic rings. The minimum atomic E-state index is -0.499. The van der Waals surface area contributed by atoms with Crippen molar-refractivity contribution in [3.8, 4) is 68.7 Å². The molecule has 0 aliphatic rings. The van der Waals surface area contributed by atoms with Crippen molar-refractivity contribution >= 4 is 55.6 Å². The first-order chi connectivity index (χ1) is 39.0. The summed E-state index contributed by atoms with van der Waals surface area (Å²) in [6.07, 6.45) is 0.715. The quantitative estimate of drug-likeness (QED) is 0.0483. The maximum Gasteiger partial charge on any atom is 0.333 e. The van der Waals surface area contributed by atoms with Gasteiger partial charge in [0.05, 0.1) is 27.5 Å². The molecule has 0 atom stereocenters. The summed E-state index contributed by atoms with van der Waals surface area (Å²) in [5.74, 6) is 2.22. The number of carbonyl (C=O) groups excluding carboxylic acids is 2. The predicted octanol–water partition coefficient (Wildman–Crippen LogP) is 14.9. The predicted molar refractivity (Wildman–Crippen MR) is 311 cm³/mol. The Bertz CT molecular complexity index is 4080. The molecule has 0 saturated heterocycles. The van der Waals surface area contributed by atoms with Gasteiger partial charge in [-0.2, -0.15) is 0 Å². The zero-order chi connectivity index (χ0) is 55.2. The SMILES string of the molecule is C=C(C)C(=O)OCCOc1cccc(-c2nnc(-c3ccc(-n4c5ccccc5c5ccccc54)cc3)o2)c1.CCC(C)(C)C(=O)OCCOc1cccc(-c2nnc(-c3ccc(-n4c5ccccc5c5ccccc54)cc3)o2)c1. The van der Waals surface area contributed by atoms with Crippen LogP contribution in [0.3, 0.4) is 0 Å². The van der Waals surface area contributed by atoms with E-state index in [1.165, 1.54) is 21.5 Å². The van der Waals surface area contributed by atoms with E-state index in [0.717, 1.165) is 55.7 Å². The van der Waals surface area contributed by atoms with E-state index in [2.05, 4.69) is 157 Å². The zero-order valence-electron chi connectivity index (χ0n) is 44.7. The highest BCUT2D eigenvalue weighted by atomic mass is 16.6. The zero-order valence-corrected chi connectivity index (χ0v) is 44.7. The average Bonchev–Trinajstić information content (AvgIpc) is 4.35. The molecule has 0 bridgehead atoms. The molecule has 0 N–H and O–H groups in total. The van der Waals surface area contributed by atoms with Crippen LogP contribution in [0.4, 0.5) is 0 Å². The summed E-state index contributed by atoms with van der Waals surface area (Å²) in [4.78, 5) is 23.6. The van der Waals surface area contributed by atoms with Crippen molar-refractivity contribution < 1.29 is 37.4 Å². The topological polar surface area (TPSA) is 159 Å². The summed E-state index contributed by atoms with van der Waals surface area (Å²) in [5, 5.41) is 22.0. The molecule has 0 aliphatic carbocycles. The van der Waals surface area contributed by atoms with Crippen LogP contribution in [0.1, 0.15) is 34.1 Å². The molecule has 80 heavy (non-hydrogen) atoms. The summed E-state index contributed by atoms with van der Waals surface area (Å²) in [5.41, 5.74) is 9.71. The number of hydrogen-bond donors (Lipinski definition) is 0. The average molecular weight is 1060 g/mol. The Labute approximate surface area is 461 Å². The summed E-state index contributed by atoms with van der Waals surface area (Å²) < 4.78 is 38.5. The van der Waals surface area contributed by atoms with Crippen molar-refractivity contribution in [3.05, 3.63) is 206 Å². The highest BCUT2D eigenvalue weighted by Crippen LogP contribution is 2.35. The van der Waals surface area contributed by atoms with Crippen LogP contribution in [0.25, 0.3) is 101 Å². The lowest BCUT2D eigenvalue weighted by Gasteiger charge is -2.20. The van der Waals surface area contributed by atoms with Gasteiger partial charge in [-0.05, 0) is 136 Å². The number of benzene rings is 8. The summed E-state index contributed by atoms with van der Waals surface area (Å²) >= 11 is 0. The first kappa shape index (κ1) is 52.0. The van der Waals surface area contributed by atoms with Crippen LogP contribution in [-0.4, -0.2) is 67.9 Å². The van der Waals surface area contributed by atoms with Crippen molar-refractivity contribution in [1.29, 1.82) is 0 Å². The normalized spacial score (nSPS) is 11.4. The van der Waals surface area contributed by atoms with Gasteiger partial charge < -0.3 is 36.9 Å². The third-order valence-electron chi connectivity index (χ3n) is 13.9. The van der Waals surface area contributed by atoms with Gasteiger partial charge in [0, 0.05) is 60.7 Å². The lowest BCUT2D eigenvalue weighted by molar-refractivity contribution is -0.154. The third kappa shape index (κ3) is 10.9. The van der Waals surface area contributed by atoms with Crippen molar-refractivity contribution in [2.24, 2.45) is 5.41 Å².